The zero-order valence-electron chi connectivity index (χ0n) is 24.0. The molecule has 4 rings (SSSR count). The van der Waals surface area contributed by atoms with E-state index in [1.807, 2.05) is 29.2 Å². The maximum Gasteiger partial charge on any atom is 0.319 e. The van der Waals surface area contributed by atoms with Crippen molar-refractivity contribution >= 4 is 11.8 Å². The summed E-state index contributed by atoms with van der Waals surface area (Å²) in [4.78, 5) is 28.6. The largest absolute Gasteiger partial charge is 0.491 e. The van der Waals surface area contributed by atoms with Crippen LogP contribution in [0.25, 0.3) is 11.4 Å². The number of likely N-dealkylation sites (tertiary alicyclic amines) is 1. The Hall–Kier alpha value is -2.95. The van der Waals surface area contributed by atoms with E-state index >= 15 is 0 Å². The number of likely N-dealkylation sites (N-methyl/N-ethyl adjacent to an activating group) is 1. The number of carbonyl (C=O) groups excluding carboxylic acids is 1. The van der Waals surface area contributed by atoms with Crippen molar-refractivity contribution in [3.8, 4) is 17.1 Å². The fraction of sp³-hybridized carbons (Fsp3) is 0.621. The topological polar surface area (TPSA) is 103 Å². The summed E-state index contributed by atoms with van der Waals surface area (Å²) >= 11 is 0. The zero-order valence-corrected chi connectivity index (χ0v) is 24.0. The number of aliphatic hydroxyl groups excluding tert-OH is 1. The Balaban J connectivity index is 1.62. The molecule has 0 bridgehead atoms. The second kappa shape index (κ2) is 13.4. The molecule has 0 aliphatic carbocycles. The van der Waals surface area contributed by atoms with Crippen LogP contribution in [-0.2, 0) is 4.74 Å². The Bertz CT molecular complexity index is 1090. The van der Waals surface area contributed by atoms with E-state index in [2.05, 4.69) is 30.3 Å². The fourth-order valence-corrected chi connectivity index (χ4v) is 5.42. The third-order valence-corrected chi connectivity index (χ3v) is 7.73. The molecule has 2 amide bonds. The van der Waals surface area contributed by atoms with Gasteiger partial charge in [-0.15, -0.1) is 0 Å². The van der Waals surface area contributed by atoms with E-state index in [0.717, 1.165) is 56.0 Å². The van der Waals surface area contributed by atoms with Gasteiger partial charge in [-0.2, -0.15) is 0 Å². The van der Waals surface area contributed by atoms with Gasteiger partial charge in [-0.3, -0.25) is 0 Å². The molecule has 2 saturated heterocycles. The molecule has 1 aromatic heterocycles. The Labute approximate surface area is 232 Å². The molecule has 2 N–H and O–H groups in total. The lowest BCUT2D eigenvalue weighted by Crippen LogP contribution is -2.48. The van der Waals surface area contributed by atoms with E-state index in [1.165, 1.54) is 0 Å². The fourth-order valence-electron chi connectivity index (χ4n) is 5.42. The molecule has 10 nitrogen and oxygen atoms in total. The predicted octanol–water partition coefficient (Wildman–Crippen LogP) is 2.97. The summed E-state index contributed by atoms with van der Waals surface area (Å²) in [6.45, 7) is 5.00. The quantitative estimate of drug-likeness (QED) is 0.501. The average molecular weight is 541 g/mol. The Morgan fingerprint density at radius 1 is 1.21 bits per heavy atom. The standard InChI is InChI=1S/C29H44N6O4/c1-20-15-21(9-12-35(20)29(37)33(3)4)26-17-27(34(5)23-10-13-38-14-11-23)32-28(31-26)22-7-6-8-25(16-22)39-19-24(36)18-30-2/h6-8,16-17,20-21,23-24,30,36H,9-15,18-19H2,1-5H3/t20-,21?,24?/m0/s1. The van der Waals surface area contributed by atoms with Gasteiger partial charge < -0.3 is 34.6 Å². The first-order valence-electron chi connectivity index (χ1n) is 14.0. The summed E-state index contributed by atoms with van der Waals surface area (Å²) in [7, 11) is 7.51. The molecule has 2 aliphatic rings. The third-order valence-electron chi connectivity index (χ3n) is 7.73. The van der Waals surface area contributed by atoms with Crippen molar-refractivity contribution < 1.29 is 19.4 Å². The van der Waals surface area contributed by atoms with Gasteiger partial charge in [-0.05, 0) is 51.8 Å². The molecule has 3 atom stereocenters. The van der Waals surface area contributed by atoms with Crippen LogP contribution in [0.15, 0.2) is 30.3 Å². The molecule has 10 heteroatoms. The van der Waals surface area contributed by atoms with Crippen molar-refractivity contribution in [2.24, 2.45) is 0 Å². The lowest BCUT2D eigenvalue weighted by Gasteiger charge is -2.39. The van der Waals surface area contributed by atoms with Crippen molar-refractivity contribution in [3.05, 3.63) is 36.0 Å². The highest BCUT2D eigenvalue weighted by atomic mass is 16.5. The number of carbonyl (C=O) groups is 1. The van der Waals surface area contributed by atoms with Gasteiger partial charge in [-0.25, -0.2) is 14.8 Å². The molecule has 214 valence electrons. The molecule has 2 unspecified atom stereocenters. The van der Waals surface area contributed by atoms with Crippen molar-refractivity contribution in [1.29, 1.82) is 0 Å². The van der Waals surface area contributed by atoms with Crippen LogP contribution in [0.2, 0.25) is 0 Å². The monoisotopic (exact) mass is 540 g/mol. The first kappa shape index (κ1) is 29.0. The van der Waals surface area contributed by atoms with Gasteiger partial charge >= 0.3 is 6.03 Å². The van der Waals surface area contributed by atoms with Crippen LogP contribution in [0.1, 0.15) is 44.2 Å². The summed E-state index contributed by atoms with van der Waals surface area (Å²) < 4.78 is 11.5. The smallest absolute Gasteiger partial charge is 0.319 e. The van der Waals surface area contributed by atoms with Gasteiger partial charge in [0.25, 0.3) is 0 Å². The highest BCUT2D eigenvalue weighted by Gasteiger charge is 2.32. The molecule has 2 aromatic rings. The molecule has 3 heterocycles. The van der Waals surface area contributed by atoms with Gasteiger partial charge in [0, 0.05) is 82.8 Å². The van der Waals surface area contributed by atoms with Gasteiger partial charge in [0.2, 0.25) is 0 Å². The lowest BCUT2D eigenvalue weighted by molar-refractivity contribution is 0.0853. The number of hydrogen-bond acceptors (Lipinski definition) is 8. The van der Waals surface area contributed by atoms with Crippen LogP contribution in [-0.4, -0.2) is 110 Å². The maximum atomic E-state index is 12.7. The summed E-state index contributed by atoms with van der Waals surface area (Å²) in [6.07, 6.45) is 3.04. The molecular formula is C29H44N6O4. The van der Waals surface area contributed by atoms with Gasteiger partial charge in [0.05, 0.1) is 0 Å². The zero-order chi connectivity index (χ0) is 27.9. The molecule has 39 heavy (non-hydrogen) atoms. The van der Waals surface area contributed by atoms with E-state index in [0.29, 0.717) is 30.7 Å². The second-order valence-electron chi connectivity index (χ2n) is 10.9. The van der Waals surface area contributed by atoms with Gasteiger partial charge in [-0.1, -0.05) is 12.1 Å². The highest BCUT2D eigenvalue weighted by Crippen LogP contribution is 2.34. The SMILES string of the molecule is CNCC(O)COc1cccc(-c2nc(C3CCN(C(=O)N(C)C)[C@@H](C)C3)cc(N(C)C3CCOCC3)n2)c1. The molecule has 2 fully saturated rings. The van der Waals surface area contributed by atoms with E-state index in [-0.39, 0.29) is 24.6 Å². The van der Waals surface area contributed by atoms with Crippen LogP contribution in [0.3, 0.4) is 0 Å². The summed E-state index contributed by atoms with van der Waals surface area (Å²) in [5.41, 5.74) is 1.88. The van der Waals surface area contributed by atoms with E-state index in [4.69, 9.17) is 19.4 Å². The number of rotatable bonds is 9. The number of urea groups is 1. The average Bonchev–Trinajstić information content (AvgIpc) is 2.95. The van der Waals surface area contributed by atoms with Gasteiger partial charge in [0.1, 0.15) is 24.3 Å². The van der Waals surface area contributed by atoms with Gasteiger partial charge in [0.15, 0.2) is 5.82 Å². The minimum absolute atomic E-state index is 0.0564. The Morgan fingerprint density at radius 3 is 2.67 bits per heavy atom. The number of nitrogens with one attached hydrogen (secondary N) is 1. The number of amides is 2. The number of piperidine rings is 1. The maximum absolute atomic E-state index is 12.7. The van der Waals surface area contributed by atoms with E-state index < -0.39 is 6.10 Å². The second-order valence-corrected chi connectivity index (χ2v) is 10.9. The summed E-state index contributed by atoms with van der Waals surface area (Å²) in [6, 6.07) is 10.4. The van der Waals surface area contributed by atoms with Crippen LogP contribution in [0.5, 0.6) is 5.75 Å². The van der Waals surface area contributed by atoms with E-state index in [9.17, 15) is 9.90 Å². The normalized spacial score (nSPS) is 20.9. The molecule has 1 aromatic carbocycles. The summed E-state index contributed by atoms with van der Waals surface area (Å²) in [5, 5.41) is 13.0. The van der Waals surface area contributed by atoms with Crippen molar-refractivity contribution in [1.82, 2.24) is 25.1 Å². The first-order chi connectivity index (χ1) is 18.8. The number of nitrogens with zero attached hydrogens (tertiary/aromatic N) is 5. The van der Waals surface area contributed by atoms with Crippen molar-refractivity contribution in [2.45, 2.75) is 56.7 Å². The Kier molecular flexibility index (Phi) is 9.99. The molecule has 2 aliphatic heterocycles. The van der Waals surface area contributed by atoms with Crippen molar-refractivity contribution in [2.75, 3.05) is 66.0 Å². The molecule has 0 spiro atoms. The Morgan fingerprint density at radius 2 is 1.97 bits per heavy atom. The molecule has 0 radical (unpaired) electrons. The number of hydrogen-bond donors (Lipinski definition) is 2. The van der Waals surface area contributed by atoms with Crippen LogP contribution < -0.4 is 15.0 Å². The first-order valence-corrected chi connectivity index (χ1v) is 14.0. The number of ether oxygens (including phenoxy) is 2. The number of anilines is 1. The molecule has 0 saturated carbocycles. The third kappa shape index (κ3) is 7.38. The summed E-state index contributed by atoms with van der Waals surface area (Å²) in [5.74, 6) is 2.45. The number of benzene rings is 1. The van der Waals surface area contributed by atoms with Crippen LogP contribution in [0.4, 0.5) is 10.6 Å². The molecular weight excluding hydrogens is 496 g/mol. The van der Waals surface area contributed by atoms with Crippen LogP contribution in [0, 0.1) is 0 Å². The number of aromatic nitrogens is 2. The van der Waals surface area contributed by atoms with Crippen molar-refractivity contribution in [3.63, 3.8) is 0 Å². The van der Waals surface area contributed by atoms with Crippen LogP contribution >= 0.6 is 0 Å². The number of aliphatic hydroxyl groups is 1. The lowest BCUT2D eigenvalue weighted by atomic mass is 9.88. The highest BCUT2D eigenvalue weighted by molar-refractivity contribution is 5.74. The minimum atomic E-state index is -0.592. The van der Waals surface area contributed by atoms with E-state index in [1.54, 1.807) is 26.0 Å². The predicted molar refractivity (Wildman–Crippen MR) is 152 cm³/mol. The minimum Gasteiger partial charge on any atom is -0.491 e.